The monoisotopic (exact) mass is 683 g/mol. The standard InChI is InChI=1S/C35H36F3N3O8/c1-47-26-16-8-6-14-23(26)34(22-12-4-3-5-13-22,24-15-7-9-17-27(24)48-2)30(43)29-25(42)19-28(49-29)41-20-21(31(44)40-33(41)46)11-10-18-39-32(45)35(36,37)38/h3-9,12-17,20,25,28-30,42-43H,10-11,18-19H2,1-2H3,(H,39,45)(H,40,44,46)/t25-,28+,29-,30?/m0/s1. The number of rotatable bonds is 12. The highest BCUT2D eigenvalue weighted by atomic mass is 19.4. The van der Waals surface area contributed by atoms with Gasteiger partial charge in [0.15, 0.2) is 0 Å². The second kappa shape index (κ2) is 14.7. The maximum Gasteiger partial charge on any atom is 0.471 e. The number of benzene rings is 3. The lowest BCUT2D eigenvalue weighted by atomic mass is 9.63. The fourth-order valence-electron chi connectivity index (χ4n) is 6.47. The number of methoxy groups -OCH3 is 2. The Bertz CT molecular complexity index is 1830. The number of nitrogens with one attached hydrogen (secondary N) is 2. The lowest BCUT2D eigenvalue weighted by molar-refractivity contribution is -0.173. The van der Waals surface area contributed by atoms with Crippen molar-refractivity contribution in [1.82, 2.24) is 14.9 Å². The highest BCUT2D eigenvalue weighted by Gasteiger charge is 2.54. The number of ether oxygens (including phenoxy) is 3. The molecule has 1 aromatic heterocycles. The summed E-state index contributed by atoms with van der Waals surface area (Å²) in [6.45, 7) is -0.364. The van der Waals surface area contributed by atoms with E-state index < -0.39 is 53.3 Å². The van der Waals surface area contributed by atoms with E-state index in [0.29, 0.717) is 28.2 Å². The van der Waals surface area contributed by atoms with Crippen LogP contribution in [0.1, 0.15) is 41.3 Å². The first-order valence-electron chi connectivity index (χ1n) is 15.5. The summed E-state index contributed by atoms with van der Waals surface area (Å²) >= 11 is 0. The number of carbonyl (C=O) groups excluding carboxylic acids is 1. The van der Waals surface area contributed by atoms with Gasteiger partial charge in [-0.25, -0.2) is 4.79 Å². The Morgan fingerprint density at radius 3 is 2.12 bits per heavy atom. The first kappa shape index (κ1) is 35.4. The fourth-order valence-corrected chi connectivity index (χ4v) is 6.47. The van der Waals surface area contributed by atoms with Gasteiger partial charge in [-0.3, -0.25) is 19.1 Å². The first-order valence-corrected chi connectivity index (χ1v) is 15.5. The third-order valence-electron chi connectivity index (χ3n) is 8.70. The third-order valence-corrected chi connectivity index (χ3v) is 8.70. The number of H-pyrrole nitrogens is 1. The highest BCUT2D eigenvalue weighted by Crippen LogP contribution is 2.51. The second-order valence-electron chi connectivity index (χ2n) is 11.6. The van der Waals surface area contributed by atoms with Crippen LogP contribution in [0.4, 0.5) is 13.2 Å². The number of aromatic amines is 1. The number of halogens is 3. The molecule has 2 heterocycles. The normalized spacial score (nSPS) is 18.6. The van der Waals surface area contributed by atoms with Gasteiger partial charge in [0.2, 0.25) is 0 Å². The van der Waals surface area contributed by atoms with Crippen LogP contribution < -0.4 is 26.0 Å². The number of amides is 1. The molecule has 1 unspecified atom stereocenters. The van der Waals surface area contributed by atoms with E-state index in [9.17, 15) is 37.8 Å². The molecule has 1 saturated heterocycles. The topological polar surface area (TPSA) is 152 Å². The van der Waals surface area contributed by atoms with Crippen molar-refractivity contribution in [2.45, 2.75) is 55.4 Å². The molecule has 14 heteroatoms. The molecule has 49 heavy (non-hydrogen) atoms. The van der Waals surface area contributed by atoms with E-state index in [2.05, 4.69) is 4.98 Å². The van der Waals surface area contributed by atoms with Crippen molar-refractivity contribution in [3.63, 3.8) is 0 Å². The lowest BCUT2D eigenvalue weighted by Gasteiger charge is -2.43. The van der Waals surface area contributed by atoms with Crippen molar-refractivity contribution in [2.24, 2.45) is 0 Å². The van der Waals surface area contributed by atoms with Crippen molar-refractivity contribution in [1.29, 1.82) is 0 Å². The molecule has 0 aliphatic carbocycles. The molecule has 1 fully saturated rings. The van der Waals surface area contributed by atoms with Gasteiger partial charge in [0.25, 0.3) is 5.56 Å². The quantitative estimate of drug-likeness (QED) is 0.131. The summed E-state index contributed by atoms with van der Waals surface area (Å²) in [5.41, 5.74) is -1.32. The van der Waals surface area contributed by atoms with E-state index in [1.807, 2.05) is 30.3 Å². The Labute approximate surface area is 278 Å². The highest BCUT2D eigenvalue weighted by molar-refractivity contribution is 5.81. The number of aliphatic hydroxyl groups is 2. The zero-order chi connectivity index (χ0) is 35.3. The van der Waals surface area contributed by atoms with E-state index in [1.165, 1.54) is 20.4 Å². The second-order valence-corrected chi connectivity index (χ2v) is 11.6. The fraction of sp³-hybridized carbons (Fsp3) is 0.343. The van der Waals surface area contributed by atoms with Crippen LogP contribution in [0.15, 0.2) is 94.6 Å². The van der Waals surface area contributed by atoms with Gasteiger partial charge in [-0.15, -0.1) is 0 Å². The molecular weight excluding hydrogens is 647 g/mol. The average Bonchev–Trinajstić information content (AvgIpc) is 3.48. The predicted octanol–water partition coefficient (Wildman–Crippen LogP) is 3.21. The Morgan fingerprint density at radius 1 is 0.980 bits per heavy atom. The number of hydrogen-bond donors (Lipinski definition) is 4. The number of para-hydroxylation sites is 2. The molecule has 3 aromatic carbocycles. The average molecular weight is 684 g/mol. The molecule has 4 N–H and O–H groups in total. The Morgan fingerprint density at radius 2 is 1.55 bits per heavy atom. The summed E-state index contributed by atoms with van der Waals surface area (Å²) in [7, 11) is 3.01. The minimum absolute atomic E-state index is 0.0317. The SMILES string of the molecule is COc1ccccc1C(c1ccccc1)(c1ccccc1OC)C(O)[C@H]1O[C@@H](n2cc(CCCNC(=O)C(F)(F)F)c(=O)[nH]c2=O)C[C@@H]1O. The number of nitrogens with zero attached hydrogens (tertiary/aromatic N) is 1. The van der Waals surface area contributed by atoms with E-state index in [1.54, 1.807) is 53.8 Å². The van der Waals surface area contributed by atoms with E-state index in [4.69, 9.17) is 14.2 Å². The van der Waals surface area contributed by atoms with Crippen LogP contribution in [-0.2, 0) is 21.4 Å². The van der Waals surface area contributed by atoms with E-state index >= 15 is 0 Å². The zero-order valence-corrected chi connectivity index (χ0v) is 26.6. The molecular formula is C35H36F3N3O8. The van der Waals surface area contributed by atoms with Crippen molar-refractivity contribution in [3.05, 3.63) is 128 Å². The van der Waals surface area contributed by atoms with Gasteiger partial charge in [0.05, 0.1) is 25.7 Å². The van der Waals surface area contributed by atoms with Crippen LogP contribution in [0, 0.1) is 0 Å². The summed E-state index contributed by atoms with van der Waals surface area (Å²) in [6, 6.07) is 23.4. The number of alkyl halides is 3. The molecule has 11 nitrogen and oxygen atoms in total. The predicted molar refractivity (Wildman–Crippen MR) is 172 cm³/mol. The first-order chi connectivity index (χ1) is 23.4. The summed E-state index contributed by atoms with van der Waals surface area (Å²) in [4.78, 5) is 38.9. The van der Waals surface area contributed by atoms with Crippen molar-refractivity contribution >= 4 is 5.91 Å². The van der Waals surface area contributed by atoms with Crippen LogP contribution in [0.5, 0.6) is 11.5 Å². The molecule has 1 aliphatic heterocycles. The Kier molecular flexibility index (Phi) is 10.6. The Hall–Kier alpha value is -4.92. The van der Waals surface area contributed by atoms with Crippen LogP contribution in [0.3, 0.4) is 0 Å². The van der Waals surface area contributed by atoms with Crippen LogP contribution in [0.25, 0.3) is 0 Å². The van der Waals surface area contributed by atoms with Crippen molar-refractivity contribution in [3.8, 4) is 11.5 Å². The number of aromatic nitrogens is 2. The third kappa shape index (κ3) is 6.98. The summed E-state index contributed by atoms with van der Waals surface area (Å²) < 4.78 is 56.5. The maximum absolute atomic E-state index is 13.0. The number of hydrogen-bond acceptors (Lipinski definition) is 8. The molecule has 0 radical (unpaired) electrons. The molecule has 0 spiro atoms. The largest absolute Gasteiger partial charge is 0.496 e. The molecule has 1 aliphatic rings. The van der Waals surface area contributed by atoms with Gasteiger partial charge in [-0.05, 0) is 30.5 Å². The molecule has 4 aromatic rings. The number of aliphatic hydroxyl groups excluding tert-OH is 2. The Balaban J connectivity index is 1.55. The van der Waals surface area contributed by atoms with Crippen molar-refractivity contribution < 1.29 is 42.4 Å². The van der Waals surface area contributed by atoms with Gasteiger partial charge in [-0.2, -0.15) is 13.2 Å². The van der Waals surface area contributed by atoms with Gasteiger partial charge in [0, 0.05) is 35.9 Å². The molecule has 260 valence electrons. The molecule has 0 bridgehead atoms. The molecule has 0 saturated carbocycles. The van der Waals surface area contributed by atoms with E-state index in [-0.39, 0.29) is 31.4 Å². The summed E-state index contributed by atoms with van der Waals surface area (Å²) in [6.07, 6.45) is -9.39. The van der Waals surface area contributed by atoms with Crippen molar-refractivity contribution in [2.75, 3.05) is 20.8 Å². The minimum Gasteiger partial charge on any atom is -0.496 e. The lowest BCUT2D eigenvalue weighted by Crippen LogP contribution is -2.51. The van der Waals surface area contributed by atoms with Gasteiger partial charge in [0.1, 0.15) is 29.9 Å². The molecule has 1 amide bonds. The van der Waals surface area contributed by atoms with Gasteiger partial charge in [-0.1, -0.05) is 66.7 Å². The maximum atomic E-state index is 13.0. The van der Waals surface area contributed by atoms with Gasteiger partial charge < -0.3 is 29.7 Å². The van der Waals surface area contributed by atoms with Crippen LogP contribution in [-0.4, -0.2) is 70.9 Å². The smallest absolute Gasteiger partial charge is 0.471 e. The zero-order valence-electron chi connectivity index (χ0n) is 26.6. The summed E-state index contributed by atoms with van der Waals surface area (Å²) in [5.74, 6) is -1.22. The molecule has 4 atom stereocenters. The van der Waals surface area contributed by atoms with E-state index in [0.717, 1.165) is 4.57 Å². The number of carbonyl (C=O) groups is 1. The van der Waals surface area contributed by atoms with Crippen LogP contribution in [0.2, 0.25) is 0 Å². The van der Waals surface area contributed by atoms with Gasteiger partial charge >= 0.3 is 17.8 Å². The minimum atomic E-state index is -5.04. The summed E-state index contributed by atoms with van der Waals surface area (Å²) in [5, 5.41) is 25.9. The molecule has 5 rings (SSSR count). The number of aryl methyl sites for hydroxylation is 1. The van der Waals surface area contributed by atoms with Crippen LogP contribution >= 0.6 is 0 Å².